The third-order valence-corrected chi connectivity index (χ3v) is 2.05. The first kappa shape index (κ1) is 12.3. The van der Waals surface area contributed by atoms with Crippen molar-refractivity contribution in [2.24, 2.45) is 0 Å². The van der Waals surface area contributed by atoms with E-state index in [1.165, 1.54) is 12.1 Å². The molecule has 0 aromatic heterocycles. The van der Waals surface area contributed by atoms with Gasteiger partial charge in [0, 0.05) is 0 Å². The molecule has 0 radical (unpaired) electrons. The lowest BCUT2D eigenvalue weighted by atomic mass is 10.1. The van der Waals surface area contributed by atoms with Crippen LogP contribution in [0, 0.1) is 11.3 Å². The molecule has 0 aliphatic carbocycles. The van der Waals surface area contributed by atoms with Crippen LogP contribution in [0.2, 0.25) is 5.02 Å². The summed E-state index contributed by atoms with van der Waals surface area (Å²) in [6.07, 6.45) is -0.139. The van der Waals surface area contributed by atoms with Crippen LogP contribution in [-0.2, 0) is 0 Å². The second-order valence-electron chi connectivity index (χ2n) is 3.42. The number of hydrogen-bond acceptors (Lipinski definition) is 3. The van der Waals surface area contributed by atoms with Gasteiger partial charge < -0.3 is 9.84 Å². The fourth-order valence-corrected chi connectivity index (χ4v) is 1.42. The van der Waals surface area contributed by atoms with Crippen molar-refractivity contribution in [3.63, 3.8) is 0 Å². The molecule has 0 bridgehead atoms. The summed E-state index contributed by atoms with van der Waals surface area (Å²) in [5, 5.41) is 17.8. The van der Waals surface area contributed by atoms with E-state index in [1.54, 1.807) is 13.8 Å². The average Bonchev–Trinajstić information content (AvgIpc) is 2.19. The van der Waals surface area contributed by atoms with Crippen LogP contribution in [0.5, 0.6) is 5.75 Å². The van der Waals surface area contributed by atoms with Crippen molar-refractivity contribution in [2.45, 2.75) is 20.0 Å². The molecule has 4 nitrogen and oxygen atoms in total. The van der Waals surface area contributed by atoms with Gasteiger partial charge in [-0.3, -0.25) is 0 Å². The van der Waals surface area contributed by atoms with E-state index >= 15 is 0 Å². The molecule has 1 aromatic carbocycles. The van der Waals surface area contributed by atoms with Crippen LogP contribution in [0.15, 0.2) is 12.1 Å². The molecular formula is C11H10ClNO3. The Kier molecular flexibility index (Phi) is 3.75. The van der Waals surface area contributed by atoms with Gasteiger partial charge in [0.05, 0.1) is 22.3 Å². The van der Waals surface area contributed by atoms with E-state index in [0.29, 0.717) is 0 Å². The van der Waals surface area contributed by atoms with E-state index in [-0.39, 0.29) is 28.0 Å². The lowest BCUT2D eigenvalue weighted by Crippen LogP contribution is -2.08. The first-order chi connectivity index (χ1) is 7.45. The van der Waals surface area contributed by atoms with Gasteiger partial charge in [0.15, 0.2) is 5.75 Å². The van der Waals surface area contributed by atoms with Gasteiger partial charge >= 0.3 is 5.97 Å². The summed E-state index contributed by atoms with van der Waals surface area (Å²) in [5.74, 6) is -0.904. The highest BCUT2D eigenvalue weighted by Gasteiger charge is 2.15. The summed E-state index contributed by atoms with van der Waals surface area (Å²) in [7, 11) is 0. The van der Waals surface area contributed by atoms with Gasteiger partial charge in [-0.05, 0) is 26.0 Å². The summed E-state index contributed by atoms with van der Waals surface area (Å²) in [6.45, 7) is 3.59. The number of aromatic carboxylic acids is 1. The molecule has 0 saturated heterocycles. The van der Waals surface area contributed by atoms with Crippen LogP contribution in [0.3, 0.4) is 0 Å². The normalized spacial score (nSPS) is 9.94. The van der Waals surface area contributed by atoms with E-state index in [9.17, 15) is 4.79 Å². The molecule has 1 aromatic rings. The number of carboxylic acids is 1. The van der Waals surface area contributed by atoms with E-state index in [1.807, 2.05) is 6.07 Å². The quantitative estimate of drug-likeness (QED) is 0.880. The van der Waals surface area contributed by atoms with Crippen molar-refractivity contribution in [1.82, 2.24) is 0 Å². The summed E-state index contributed by atoms with van der Waals surface area (Å²) >= 11 is 5.86. The summed E-state index contributed by atoms with van der Waals surface area (Å²) in [6, 6.07) is 4.37. The van der Waals surface area contributed by atoms with E-state index in [0.717, 1.165) is 0 Å². The van der Waals surface area contributed by atoms with Crippen molar-refractivity contribution in [2.75, 3.05) is 0 Å². The lowest BCUT2D eigenvalue weighted by molar-refractivity contribution is 0.0697. The maximum Gasteiger partial charge on any atom is 0.335 e. The minimum Gasteiger partial charge on any atom is -0.488 e. The summed E-state index contributed by atoms with van der Waals surface area (Å²) in [5.41, 5.74) is 0.0938. The Morgan fingerprint density at radius 2 is 2.19 bits per heavy atom. The number of ether oxygens (including phenoxy) is 1. The maximum atomic E-state index is 10.7. The third kappa shape index (κ3) is 2.65. The lowest BCUT2D eigenvalue weighted by Gasteiger charge is -2.13. The topological polar surface area (TPSA) is 70.3 Å². The highest BCUT2D eigenvalue weighted by Crippen LogP contribution is 2.30. The number of benzene rings is 1. The van der Waals surface area contributed by atoms with Crippen LogP contribution >= 0.6 is 11.6 Å². The van der Waals surface area contributed by atoms with Crippen molar-refractivity contribution in [3.05, 3.63) is 28.3 Å². The molecule has 1 N–H and O–H groups in total. The molecule has 0 amide bonds. The molecule has 0 atom stereocenters. The Morgan fingerprint density at radius 1 is 1.56 bits per heavy atom. The van der Waals surface area contributed by atoms with Crippen molar-refractivity contribution >= 4 is 17.6 Å². The minimum absolute atomic E-state index is 0.0299. The van der Waals surface area contributed by atoms with Gasteiger partial charge in [-0.1, -0.05) is 11.6 Å². The van der Waals surface area contributed by atoms with Gasteiger partial charge in [0.25, 0.3) is 0 Å². The number of hydrogen-bond donors (Lipinski definition) is 1. The maximum absolute atomic E-state index is 10.7. The van der Waals surface area contributed by atoms with Gasteiger partial charge in [0.1, 0.15) is 6.07 Å². The highest BCUT2D eigenvalue weighted by molar-refractivity contribution is 6.32. The molecule has 0 spiro atoms. The summed E-state index contributed by atoms with van der Waals surface area (Å²) in [4.78, 5) is 10.7. The second kappa shape index (κ2) is 4.86. The fourth-order valence-electron chi connectivity index (χ4n) is 1.16. The highest BCUT2D eigenvalue weighted by atomic mass is 35.5. The van der Waals surface area contributed by atoms with Crippen LogP contribution in [0.1, 0.15) is 29.8 Å². The number of carbonyl (C=O) groups is 1. The zero-order valence-corrected chi connectivity index (χ0v) is 9.58. The smallest absolute Gasteiger partial charge is 0.335 e. The van der Waals surface area contributed by atoms with Gasteiger partial charge in [-0.2, -0.15) is 5.26 Å². The summed E-state index contributed by atoms with van der Waals surface area (Å²) < 4.78 is 5.35. The van der Waals surface area contributed by atoms with Crippen molar-refractivity contribution in [3.8, 4) is 11.8 Å². The molecule has 1 rings (SSSR count). The fraction of sp³-hybridized carbons (Fsp3) is 0.273. The van der Waals surface area contributed by atoms with Gasteiger partial charge in [-0.15, -0.1) is 0 Å². The predicted molar refractivity (Wildman–Crippen MR) is 58.9 cm³/mol. The van der Waals surface area contributed by atoms with E-state index in [2.05, 4.69) is 0 Å². The molecule has 84 valence electrons. The Balaban J connectivity index is 3.30. The van der Waals surface area contributed by atoms with Crippen LogP contribution < -0.4 is 4.74 Å². The molecular weight excluding hydrogens is 230 g/mol. The van der Waals surface area contributed by atoms with Crippen molar-refractivity contribution < 1.29 is 14.6 Å². The Morgan fingerprint density at radius 3 is 2.62 bits per heavy atom. The van der Waals surface area contributed by atoms with E-state index in [4.69, 9.17) is 26.7 Å². The minimum atomic E-state index is -1.13. The molecule has 0 heterocycles. The number of nitrogens with zero attached hydrogens (tertiary/aromatic N) is 1. The van der Waals surface area contributed by atoms with Gasteiger partial charge in [-0.25, -0.2) is 4.79 Å². The molecule has 0 aliphatic rings. The molecule has 0 saturated carbocycles. The molecule has 0 aliphatic heterocycles. The average molecular weight is 240 g/mol. The largest absolute Gasteiger partial charge is 0.488 e. The third-order valence-electron chi connectivity index (χ3n) is 1.76. The monoisotopic (exact) mass is 239 g/mol. The number of rotatable bonds is 3. The van der Waals surface area contributed by atoms with Crippen LogP contribution in [-0.4, -0.2) is 17.2 Å². The molecule has 0 fully saturated rings. The SMILES string of the molecule is CC(C)Oc1c(Cl)cc(C(=O)O)cc1C#N. The molecule has 5 heteroatoms. The molecule has 0 unspecified atom stereocenters. The zero-order valence-electron chi connectivity index (χ0n) is 8.82. The Labute approximate surface area is 98.0 Å². The Hall–Kier alpha value is -1.73. The first-order valence-electron chi connectivity index (χ1n) is 4.59. The van der Waals surface area contributed by atoms with Crippen molar-refractivity contribution in [1.29, 1.82) is 5.26 Å². The number of halogens is 1. The Bertz CT molecular complexity index is 463. The predicted octanol–water partition coefficient (Wildman–Crippen LogP) is 2.70. The number of carboxylic acid groups (broad SMARTS) is 1. The molecule has 16 heavy (non-hydrogen) atoms. The standard InChI is InChI=1S/C11H10ClNO3/c1-6(2)16-10-8(5-13)3-7(11(14)15)4-9(10)12/h3-4,6H,1-2H3,(H,14,15). The van der Waals surface area contributed by atoms with Crippen LogP contribution in [0.4, 0.5) is 0 Å². The van der Waals surface area contributed by atoms with Crippen LogP contribution in [0.25, 0.3) is 0 Å². The first-order valence-corrected chi connectivity index (χ1v) is 4.97. The zero-order chi connectivity index (χ0) is 12.3. The second-order valence-corrected chi connectivity index (χ2v) is 3.83. The van der Waals surface area contributed by atoms with E-state index < -0.39 is 5.97 Å². The van der Waals surface area contributed by atoms with Gasteiger partial charge in [0.2, 0.25) is 0 Å². The number of nitriles is 1.